The molecule has 10 aromatic rings. The van der Waals surface area contributed by atoms with Crippen molar-refractivity contribution in [3.05, 3.63) is 330 Å². The Morgan fingerprint density at radius 1 is 0.212 bits per heavy atom. The van der Waals surface area contributed by atoms with E-state index in [9.17, 15) is 0 Å². The van der Waals surface area contributed by atoms with Gasteiger partial charge in [-0.2, -0.15) is 41.2 Å². The predicted molar refractivity (Wildman–Crippen MR) is 308 cm³/mol. The Bertz CT molecular complexity index is 2650. The normalized spacial score (nSPS) is 10.8. The summed E-state index contributed by atoms with van der Waals surface area (Å²) in [5, 5.41) is 4.99. The van der Waals surface area contributed by atoms with Gasteiger partial charge in [0, 0.05) is 66.0 Å². The molecule has 0 N–H and O–H groups in total. The van der Waals surface area contributed by atoms with Gasteiger partial charge in [-0.25, -0.2) is 37.3 Å². The minimum absolute atomic E-state index is 0. The average Bonchev–Trinajstić information content (AvgIpc) is 3.48. The van der Waals surface area contributed by atoms with Crippen LogP contribution in [0.4, 0.5) is 0 Å². The van der Waals surface area contributed by atoms with E-state index in [4.69, 9.17) is 37.3 Å². The summed E-state index contributed by atoms with van der Waals surface area (Å²) in [7, 11) is -13.2. The van der Waals surface area contributed by atoms with Crippen LogP contribution in [0.3, 0.4) is 0 Å². The summed E-state index contributed by atoms with van der Waals surface area (Å²) in [5.41, 5.74) is 0. The molecule has 80 heavy (non-hydrogen) atoms. The molecule has 0 aliphatic heterocycles. The van der Waals surface area contributed by atoms with E-state index in [-0.39, 0.29) is 44.8 Å². The summed E-state index contributed by atoms with van der Waals surface area (Å²) in [6.45, 7) is 17.2. The summed E-state index contributed by atoms with van der Waals surface area (Å²) >= 11 is -2.78. The molecule has 422 valence electrons. The molecule has 0 aromatic heterocycles. The van der Waals surface area contributed by atoms with Crippen molar-refractivity contribution in [2.45, 2.75) is 0 Å². The fourth-order valence-corrected chi connectivity index (χ4v) is 20.7. The van der Waals surface area contributed by atoms with Crippen LogP contribution in [0, 0.1) is 47.1 Å². The third-order valence-corrected chi connectivity index (χ3v) is 26.5. The first-order valence-corrected chi connectivity index (χ1v) is 36.3. The molecule has 0 atom stereocenters. The Hall–Kier alpha value is -4.08. The SMILES string of the molecule is [Au].[Au].[CH2-][P+]([CH2-])(c1ccccc1)c1ccccc1.[CH2-][P+]([CH2-])(c1ccccc1)c1ccccc1.[O-][Cl+3]([O-])([O-])[O-].[O-][Cl+3]([O-])([O-])[O-].c1ccc([As](c2ccccc2)c2ccccc2)cc1.c1ccc([As](c2ccccc2)c2ccccc2)cc1. The van der Waals surface area contributed by atoms with Gasteiger partial charge in [0.1, 0.15) is 0 Å². The van der Waals surface area contributed by atoms with Crippen LogP contribution >= 0.6 is 14.5 Å². The second-order valence-corrected chi connectivity index (χ2v) is 33.5. The molecule has 0 heterocycles. The fraction of sp³-hybridized carbons (Fsp3) is 0. The molecule has 2 radical (unpaired) electrons. The van der Waals surface area contributed by atoms with Gasteiger partial charge in [-0.3, -0.25) is 0 Å². The Kier molecular flexibility index (Phi) is 32.0. The number of hydrogen-bond donors (Lipinski definition) is 0. The van der Waals surface area contributed by atoms with Crippen molar-refractivity contribution in [3.63, 3.8) is 0 Å². The predicted octanol–water partition coefficient (Wildman–Crippen LogP) is 1.36. The second-order valence-electron chi connectivity index (χ2n) is 16.7. The zero-order chi connectivity index (χ0) is 56.3. The third kappa shape index (κ3) is 25.6. The molecule has 0 fully saturated rings. The van der Waals surface area contributed by atoms with Crippen LogP contribution in [-0.2, 0) is 44.8 Å². The van der Waals surface area contributed by atoms with Crippen molar-refractivity contribution < 1.29 is 103 Å². The van der Waals surface area contributed by atoms with E-state index >= 15 is 0 Å². The molecule has 0 saturated carbocycles. The van der Waals surface area contributed by atoms with Crippen molar-refractivity contribution in [1.29, 1.82) is 0 Å². The Labute approximate surface area is 518 Å². The summed E-state index contributed by atoms with van der Waals surface area (Å²) in [6, 6.07) is 107. The molecule has 10 rings (SSSR count). The first-order valence-electron chi connectivity index (χ1n) is 23.8. The minimum atomic E-state index is -4.94. The maximum atomic E-state index is 8.49. The quantitative estimate of drug-likeness (QED) is 0.112. The van der Waals surface area contributed by atoms with Crippen molar-refractivity contribution in [1.82, 2.24) is 0 Å². The third-order valence-electron chi connectivity index (χ3n) is 11.1. The number of rotatable bonds is 10. The van der Waals surface area contributed by atoms with Crippen molar-refractivity contribution in [2.24, 2.45) is 0 Å². The average molecular weight is 1630 g/mol. The van der Waals surface area contributed by atoms with E-state index in [1.54, 1.807) is 0 Å². The van der Waals surface area contributed by atoms with Crippen LogP contribution in [0.25, 0.3) is 0 Å². The van der Waals surface area contributed by atoms with Crippen LogP contribution < -0.4 is 84.6 Å². The standard InChI is InChI=1S/2C18H15As.2C14H14P.2Au.2ClHO4/c2*1-4-10-16(11-5-1)19(17-12-6-2-7-13-17)18-14-8-3-9-15-18;2*1-15(2,13-9-5-3-6-10-13)14-11-7-4-8-12-14;;;2*2-1(3,4)5/h2*1-15H;2*3-12H,1-2H2;;;2*(H,2,3,4,5)/q;;2*-1;;;;/p-2. The summed E-state index contributed by atoms with van der Waals surface area (Å²) in [4.78, 5) is 0. The van der Waals surface area contributed by atoms with Gasteiger partial charge in [0.2, 0.25) is 0 Å². The van der Waals surface area contributed by atoms with E-state index in [2.05, 4.69) is 257 Å². The van der Waals surface area contributed by atoms with Crippen molar-refractivity contribution in [3.8, 4) is 0 Å². The second kappa shape index (κ2) is 36.5. The summed E-state index contributed by atoms with van der Waals surface area (Å²) in [6.07, 6.45) is 0. The van der Waals surface area contributed by atoms with Crippen LogP contribution in [0.5, 0.6) is 0 Å². The van der Waals surface area contributed by atoms with E-state index in [1.165, 1.54) is 47.3 Å². The maximum absolute atomic E-state index is 8.49. The van der Waals surface area contributed by atoms with Gasteiger partial charge < -0.3 is 0 Å². The topological polar surface area (TPSA) is 184 Å². The number of halogens is 2. The molecule has 0 unspecified atom stereocenters. The molecule has 10 aromatic carbocycles. The molecule has 16 heteroatoms. The summed E-state index contributed by atoms with van der Waals surface area (Å²) in [5.74, 6) is 0. The van der Waals surface area contributed by atoms with Gasteiger partial charge in [-0.05, 0) is 48.5 Å². The van der Waals surface area contributed by atoms with Gasteiger partial charge in [0.15, 0.2) is 0 Å². The van der Waals surface area contributed by atoms with Crippen LogP contribution in [0.15, 0.2) is 303 Å². The van der Waals surface area contributed by atoms with E-state index in [0.717, 1.165) is 0 Å². The van der Waals surface area contributed by atoms with E-state index in [0.29, 0.717) is 0 Å². The van der Waals surface area contributed by atoms with E-state index in [1.807, 2.05) is 72.8 Å². The van der Waals surface area contributed by atoms with Crippen LogP contribution in [0.2, 0.25) is 0 Å². The first kappa shape index (κ1) is 70.2. The van der Waals surface area contributed by atoms with Crippen LogP contribution in [-0.4, -0.2) is 29.3 Å². The van der Waals surface area contributed by atoms with Gasteiger partial charge in [0.25, 0.3) is 0 Å². The van der Waals surface area contributed by atoms with Gasteiger partial charge >= 0.3 is 237 Å². The molecular formula is C64H58As2Au2Cl2O8P2-4. The number of benzene rings is 10. The number of hydrogen-bond acceptors (Lipinski definition) is 8. The molecule has 0 saturated heterocycles. The Morgan fingerprint density at radius 3 is 0.425 bits per heavy atom. The Morgan fingerprint density at radius 2 is 0.312 bits per heavy atom. The Balaban J connectivity index is 0.000000264. The molecule has 0 amide bonds. The van der Waals surface area contributed by atoms with Gasteiger partial charge in [-0.15, -0.1) is 20.5 Å². The molecule has 0 spiro atoms. The molecule has 0 bridgehead atoms. The van der Waals surface area contributed by atoms with E-state index < -0.39 is 64.3 Å². The molecule has 0 aliphatic carbocycles. The van der Waals surface area contributed by atoms with Crippen LogP contribution in [0.1, 0.15) is 0 Å². The molecule has 8 nitrogen and oxygen atoms in total. The zero-order valence-corrected chi connectivity index (χ0v) is 54.5. The molecule has 0 aliphatic rings. The van der Waals surface area contributed by atoms with Gasteiger partial charge in [0.05, 0.1) is 0 Å². The fourth-order valence-electron chi connectivity index (χ4n) is 7.51. The first-order chi connectivity index (χ1) is 37.3. The van der Waals surface area contributed by atoms with Gasteiger partial charge in [-0.1, -0.05) is 72.8 Å². The van der Waals surface area contributed by atoms with Crippen molar-refractivity contribution in [2.75, 3.05) is 0 Å². The molecular weight excluding hydrogens is 1570 g/mol. The summed E-state index contributed by atoms with van der Waals surface area (Å²) < 4.78 is 76.8. The monoisotopic (exact) mass is 1630 g/mol. The zero-order valence-electron chi connectivity index (χ0n) is 43.1. The van der Waals surface area contributed by atoms with Crippen molar-refractivity contribution >= 4 is 91.2 Å².